The van der Waals surface area contributed by atoms with E-state index >= 15 is 0 Å². The van der Waals surface area contributed by atoms with Crippen molar-refractivity contribution in [2.45, 2.75) is 34.1 Å². The quantitative estimate of drug-likeness (QED) is 0.239. The van der Waals surface area contributed by atoms with E-state index in [2.05, 4.69) is 11.1 Å². The minimum absolute atomic E-state index is 0.0203. The SMILES string of the molecule is Cc1cc(C#N)c(-c2cc(C(=O)N(C)c3ccccc3OCCC(=O)OCOC(=O)C(C)(C)C)ccc2Cl)cn1. The third-order valence-electron chi connectivity index (χ3n) is 5.78. The molecular formula is C30H30ClN3O6. The summed E-state index contributed by atoms with van der Waals surface area (Å²) in [4.78, 5) is 42.9. The molecule has 0 spiro atoms. The molecule has 9 nitrogen and oxygen atoms in total. The Morgan fingerprint density at radius 1 is 1.05 bits per heavy atom. The highest BCUT2D eigenvalue weighted by atomic mass is 35.5. The lowest BCUT2D eigenvalue weighted by Gasteiger charge is -2.21. The first kappa shape index (κ1) is 30.1. The van der Waals surface area contributed by atoms with Crippen molar-refractivity contribution in [2.24, 2.45) is 5.41 Å². The van der Waals surface area contributed by atoms with E-state index in [1.165, 1.54) is 4.90 Å². The molecular weight excluding hydrogens is 534 g/mol. The maximum Gasteiger partial charge on any atom is 0.314 e. The van der Waals surface area contributed by atoms with E-state index in [-0.39, 0.29) is 18.9 Å². The minimum Gasteiger partial charge on any atom is -0.491 e. The van der Waals surface area contributed by atoms with Crippen molar-refractivity contribution in [3.63, 3.8) is 0 Å². The molecule has 0 unspecified atom stereocenters. The van der Waals surface area contributed by atoms with E-state index in [1.807, 2.05) is 0 Å². The summed E-state index contributed by atoms with van der Waals surface area (Å²) in [6, 6.07) is 15.5. The van der Waals surface area contributed by atoms with Crippen molar-refractivity contribution in [2.75, 3.05) is 25.3 Å². The van der Waals surface area contributed by atoms with E-state index < -0.39 is 24.1 Å². The van der Waals surface area contributed by atoms with Crippen LogP contribution in [0.1, 0.15) is 48.8 Å². The summed E-state index contributed by atoms with van der Waals surface area (Å²) < 4.78 is 15.6. The van der Waals surface area contributed by atoms with E-state index in [1.54, 1.807) is 89.5 Å². The Labute approximate surface area is 238 Å². The Morgan fingerprint density at radius 3 is 2.48 bits per heavy atom. The molecule has 1 heterocycles. The first-order chi connectivity index (χ1) is 18.9. The molecule has 10 heteroatoms. The van der Waals surface area contributed by atoms with Crippen molar-refractivity contribution >= 4 is 35.1 Å². The van der Waals surface area contributed by atoms with E-state index in [0.717, 1.165) is 0 Å². The van der Waals surface area contributed by atoms with Crippen molar-refractivity contribution in [3.8, 4) is 22.9 Å². The molecule has 0 radical (unpaired) electrons. The maximum atomic E-state index is 13.5. The Kier molecular flexibility index (Phi) is 9.86. The molecule has 2 aromatic carbocycles. The number of nitriles is 1. The summed E-state index contributed by atoms with van der Waals surface area (Å²) in [6.07, 6.45) is 1.47. The van der Waals surface area contributed by atoms with Gasteiger partial charge in [0.1, 0.15) is 5.75 Å². The number of pyridine rings is 1. The molecule has 0 aliphatic carbocycles. The van der Waals surface area contributed by atoms with Crippen LogP contribution in [0.2, 0.25) is 5.02 Å². The van der Waals surface area contributed by atoms with Gasteiger partial charge in [-0.25, -0.2) is 0 Å². The van der Waals surface area contributed by atoms with Crippen LogP contribution in [0.5, 0.6) is 5.75 Å². The van der Waals surface area contributed by atoms with Gasteiger partial charge in [0.25, 0.3) is 5.91 Å². The monoisotopic (exact) mass is 563 g/mol. The van der Waals surface area contributed by atoms with Crippen LogP contribution in [0.4, 0.5) is 5.69 Å². The highest BCUT2D eigenvalue weighted by molar-refractivity contribution is 6.33. The minimum atomic E-state index is -0.701. The number of carbonyl (C=O) groups is 3. The van der Waals surface area contributed by atoms with Crippen LogP contribution in [-0.2, 0) is 19.1 Å². The van der Waals surface area contributed by atoms with Crippen LogP contribution in [0.15, 0.2) is 54.7 Å². The molecule has 0 atom stereocenters. The Bertz CT molecular complexity index is 1460. The number of benzene rings is 2. The number of halogens is 1. The summed E-state index contributed by atoms with van der Waals surface area (Å²) in [5, 5.41) is 9.96. The molecule has 1 aromatic heterocycles. The first-order valence-corrected chi connectivity index (χ1v) is 12.8. The van der Waals surface area contributed by atoms with Gasteiger partial charge in [-0.05, 0) is 64.1 Å². The topological polar surface area (TPSA) is 119 Å². The van der Waals surface area contributed by atoms with E-state index in [0.29, 0.717) is 44.4 Å². The number of nitrogens with zero attached hydrogens (tertiary/aromatic N) is 3. The molecule has 3 rings (SSSR count). The normalized spacial score (nSPS) is 10.8. The van der Waals surface area contributed by atoms with Gasteiger partial charge in [0.15, 0.2) is 0 Å². The predicted molar refractivity (Wildman–Crippen MR) is 150 cm³/mol. The van der Waals surface area contributed by atoms with Gasteiger partial charge in [0.2, 0.25) is 6.79 Å². The molecule has 0 bridgehead atoms. The average Bonchev–Trinajstić information content (AvgIpc) is 2.92. The van der Waals surface area contributed by atoms with Crippen LogP contribution >= 0.6 is 11.6 Å². The summed E-state index contributed by atoms with van der Waals surface area (Å²) in [5.41, 5.74) is 2.25. The largest absolute Gasteiger partial charge is 0.491 e. The second-order valence-corrected chi connectivity index (χ2v) is 10.3. The lowest BCUT2D eigenvalue weighted by Crippen LogP contribution is -2.27. The fourth-order valence-electron chi connectivity index (χ4n) is 3.57. The van der Waals surface area contributed by atoms with Gasteiger partial charge in [-0.3, -0.25) is 19.4 Å². The highest BCUT2D eigenvalue weighted by Crippen LogP contribution is 2.33. The molecule has 1 amide bonds. The third kappa shape index (κ3) is 7.58. The Hall–Kier alpha value is -4.42. The van der Waals surface area contributed by atoms with Crippen LogP contribution in [0.25, 0.3) is 11.1 Å². The van der Waals surface area contributed by atoms with Gasteiger partial charge in [-0.15, -0.1) is 0 Å². The van der Waals surface area contributed by atoms with Gasteiger partial charge in [-0.1, -0.05) is 23.7 Å². The highest BCUT2D eigenvalue weighted by Gasteiger charge is 2.23. The molecule has 0 fully saturated rings. The van der Waals surface area contributed by atoms with Crippen molar-refractivity contribution in [1.29, 1.82) is 5.26 Å². The number of anilines is 1. The molecule has 208 valence electrons. The summed E-state index contributed by atoms with van der Waals surface area (Å²) >= 11 is 6.43. The second-order valence-electron chi connectivity index (χ2n) is 9.92. The lowest BCUT2D eigenvalue weighted by molar-refractivity contribution is -0.173. The fraction of sp³-hybridized carbons (Fsp3) is 0.300. The number of carbonyl (C=O) groups excluding carboxylic acids is 3. The molecule has 3 aromatic rings. The average molecular weight is 564 g/mol. The molecule has 0 N–H and O–H groups in total. The summed E-state index contributed by atoms with van der Waals surface area (Å²) in [6.45, 7) is 6.38. The zero-order chi connectivity index (χ0) is 29.4. The molecule has 40 heavy (non-hydrogen) atoms. The van der Waals surface area contributed by atoms with Crippen molar-refractivity contribution in [3.05, 3.63) is 76.6 Å². The van der Waals surface area contributed by atoms with Gasteiger partial charge >= 0.3 is 11.9 Å². The second kappa shape index (κ2) is 13.1. The Balaban J connectivity index is 1.69. The standard InChI is InChI=1S/C30H30ClN3O6/c1-19-14-21(16-32)23(17-33-19)22-15-20(10-11-24(22)31)28(36)34(5)25-8-6-7-9-26(25)38-13-12-27(35)39-18-40-29(37)30(2,3)4/h6-11,14-15,17H,12-13,18H2,1-5H3. The molecule has 0 saturated carbocycles. The fourth-order valence-corrected chi connectivity index (χ4v) is 3.79. The first-order valence-electron chi connectivity index (χ1n) is 12.4. The number of hydrogen-bond acceptors (Lipinski definition) is 8. The van der Waals surface area contributed by atoms with Crippen LogP contribution < -0.4 is 9.64 Å². The molecule has 0 aliphatic heterocycles. The number of aromatic nitrogens is 1. The van der Waals surface area contributed by atoms with Crippen LogP contribution in [-0.4, -0.2) is 43.3 Å². The van der Waals surface area contributed by atoms with Gasteiger partial charge < -0.3 is 19.1 Å². The smallest absolute Gasteiger partial charge is 0.314 e. The number of ether oxygens (including phenoxy) is 3. The number of amides is 1. The zero-order valence-corrected chi connectivity index (χ0v) is 23.7. The lowest BCUT2D eigenvalue weighted by atomic mass is 9.98. The van der Waals surface area contributed by atoms with Crippen LogP contribution in [0, 0.1) is 23.7 Å². The predicted octanol–water partition coefficient (Wildman–Crippen LogP) is 5.72. The number of esters is 2. The van der Waals surface area contributed by atoms with Gasteiger partial charge in [0, 0.05) is 40.7 Å². The number of rotatable bonds is 9. The molecule has 0 aliphatic rings. The number of para-hydroxylation sites is 2. The summed E-state index contributed by atoms with van der Waals surface area (Å²) in [5.74, 6) is -1.03. The van der Waals surface area contributed by atoms with Gasteiger partial charge in [-0.2, -0.15) is 5.26 Å². The molecule has 0 saturated heterocycles. The van der Waals surface area contributed by atoms with Crippen molar-refractivity contribution in [1.82, 2.24) is 4.98 Å². The van der Waals surface area contributed by atoms with E-state index in [4.69, 9.17) is 25.8 Å². The number of hydrogen-bond donors (Lipinski definition) is 0. The van der Waals surface area contributed by atoms with Gasteiger partial charge in [0.05, 0.1) is 35.8 Å². The zero-order valence-electron chi connectivity index (χ0n) is 23.0. The Morgan fingerprint density at radius 2 is 1.77 bits per heavy atom. The van der Waals surface area contributed by atoms with E-state index in [9.17, 15) is 19.6 Å². The number of aryl methyl sites for hydroxylation is 1. The third-order valence-corrected chi connectivity index (χ3v) is 6.11. The maximum absolute atomic E-state index is 13.5. The summed E-state index contributed by atoms with van der Waals surface area (Å²) in [7, 11) is 1.60. The van der Waals surface area contributed by atoms with Crippen LogP contribution in [0.3, 0.4) is 0 Å². The van der Waals surface area contributed by atoms with Crippen molar-refractivity contribution < 1.29 is 28.6 Å².